The van der Waals surface area contributed by atoms with Gasteiger partial charge in [0.1, 0.15) is 9.52 Å². The SMILES string of the molecule is CC1=[C-]C(C)C(C)=C1C.[Cl-].[Cl-].[Hf+4].[NH-]C1CCCCCCCCCCC1.c1ccc([SiH]c2ccccc2)cc1. The summed E-state index contributed by atoms with van der Waals surface area (Å²) in [6.45, 7) is 8.67. The Bertz CT molecular complexity index is 837. The van der Waals surface area contributed by atoms with Gasteiger partial charge in [-0.05, 0) is 0 Å². The number of allylic oxidation sites excluding steroid dienone is 4. The molecule has 0 heterocycles. The Kier molecular flexibility index (Phi) is 25.4. The summed E-state index contributed by atoms with van der Waals surface area (Å²) in [5.41, 5.74) is 12.0. The Morgan fingerprint density at radius 1 is 0.658 bits per heavy atom. The molecule has 38 heavy (non-hydrogen) atoms. The van der Waals surface area contributed by atoms with E-state index in [0.29, 0.717) is 5.92 Å². The minimum atomic E-state index is 0. The number of benzene rings is 2. The maximum Gasteiger partial charge on any atom is 4.00 e. The van der Waals surface area contributed by atoms with E-state index >= 15 is 0 Å². The second kappa shape index (κ2) is 24.4. The molecule has 2 aromatic carbocycles. The molecule has 0 aliphatic heterocycles. The standard InChI is InChI=1S/C12H24N.C12H11Si.C9H13.2ClH.Hf/c13-12-10-8-6-4-2-1-3-5-7-9-11-12;1-3-7-11(8-4-1)13-12-9-5-2-6-10-12;1-6-5-7(2)9(4)8(6)3;;;/h12-13H,1-11H2;1-10,13H;6H,1-4H3;2*1H;/q-1;;-1;;;+4/p-2. The van der Waals surface area contributed by atoms with Gasteiger partial charge in [-0.1, -0.05) is 168 Å². The van der Waals surface area contributed by atoms with E-state index in [0.717, 1.165) is 12.8 Å². The van der Waals surface area contributed by atoms with Crippen molar-refractivity contribution in [3.63, 3.8) is 0 Å². The minimum Gasteiger partial charge on any atom is -1.00 e. The van der Waals surface area contributed by atoms with Gasteiger partial charge in [0.15, 0.2) is 0 Å². The molecule has 1 nitrogen and oxygen atoms in total. The summed E-state index contributed by atoms with van der Waals surface area (Å²) in [5.74, 6) is 0.560. The van der Waals surface area contributed by atoms with Crippen LogP contribution in [0.4, 0.5) is 0 Å². The van der Waals surface area contributed by atoms with E-state index in [4.69, 9.17) is 5.73 Å². The molecule has 1 N–H and O–H groups in total. The van der Waals surface area contributed by atoms with Gasteiger partial charge in [0.25, 0.3) is 0 Å². The van der Waals surface area contributed by atoms with Crippen molar-refractivity contribution in [2.75, 3.05) is 0 Å². The fourth-order valence-corrected chi connectivity index (χ4v) is 5.83. The third-order valence-electron chi connectivity index (χ3n) is 7.27. The molecule has 2 aromatic rings. The smallest absolute Gasteiger partial charge is 1.00 e. The summed E-state index contributed by atoms with van der Waals surface area (Å²) in [7, 11) is 0.271. The fourth-order valence-electron chi connectivity index (χ4n) is 4.62. The Balaban J connectivity index is 0. The van der Waals surface area contributed by atoms with E-state index in [1.807, 2.05) is 0 Å². The summed E-state index contributed by atoms with van der Waals surface area (Å²) >= 11 is 0. The summed E-state index contributed by atoms with van der Waals surface area (Å²) in [5, 5.41) is 2.90. The van der Waals surface area contributed by atoms with Gasteiger partial charge >= 0.3 is 25.8 Å². The summed E-state index contributed by atoms with van der Waals surface area (Å²) < 4.78 is 0. The van der Waals surface area contributed by atoms with Crippen LogP contribution in [0.5, 0.6) is 0 Å². The topological polar surface area (TPSA) is 23.8 Å². The van der Waals surface area contributed by atoms with E-state index < -0.39 is 0 Å². The van der Waals surface area contributed by atoms with Gasteiger partial charge in [-0.3, -0.25) is 6.08 Å². The zero-order valence-corrected chi connectivity index (χ0v) is 30.3. The monoisotopic (exact) mass is 736 g/mol. The number of halogens is 2. The third-order valence-corrected chi connectivity index (χ3v) is 8.71. The predicted octanol–water partition coefficient (Wildman–Crippen LogP) is 2.51. The molecule has 0 spiro atoms. The third kappa shape index (κ3) is 17.3. The van der Waals surface area contributed by atoms with E-state index in [2.05, 4.69) is 94.4 Å². The summed E-state index contributed by atoms with van der Waals surface area (Å²) in [6, 6.07) is 21.6. The van der Waals surface area contributed by atoms with Crippen LogP contribution in [0.2, 0.25) is 0 Å². The van der Waals surface area contributed by atoms with Gasteiger partial charge in [-0.2, -0.15) is 11.1 Å². The first-order chi connectivity index (χ1) is 17.0. The number of nitrogens with one attached hydrogen (secondary N) is 1. The van der Waals surface area contributed by atoms with Gasteiger partial charge in [0, 0.05) is 0 Å². The van der Waals surface area contributed by atoms with Gasteiger partial charge < -0.3 is 30.5 Å². The molecule has 4 rings (SSSR count). The van der Waals surface area contributed by atoms with Crippen molar-refractivity contribution < 1.29 is 50.7 Å². The Hall–Kier alpha value is -0.453. The van der Waals surface area contributed by atoms with Gasteiger partial charge in [0.2, 0.25) is 0 Å². The van der Waals surface area contributed by atoms with E-state index in [9.17, 15) is 0 Å². The van der Waals surface area contributed by atoms with Crippen molar-refractivity contribution in [3.05, 3.63) is 89.2 Å². The average molecular weight is 736 g/mol. The Morgan fingerprint density at radius 2 is 1.03 bits per heavy atom. The second-order valence-electron chi connectivity index (χ2n) is 10.2. The first kappa shape index (κ1) is 39.7. The van der Waals surface area contributed by atoms with Gasteiger partial charge in [-0.25, -0.2) is 5.57 Å². The van der Waals surface area contributed by atoms with Crippen molar-refractivity contribution in [1.29, 1.82) is 0 Å². The molecule has 207 valence electrons. The van der Waals surface area contributed by atoms with Crippen LogP contribution in [0.3, 0.4) is 0 Å². The molecule has 1 atom stereocenters. The van der Waals surface area contributed by atoms with Crippen LogP contribution in [-0.4, -0.2) is 15.6 Å². The average Bonchev–Trinajstić information content (AvgIpc) is 3.08. The van der Waals surface area contributed by atoms with Gasteiger partial charge in [-0.15, -0.1) is 13.0 Å². The molecule has 0 aromatic heterocycles. The number of hydrogen-bond donors (Lipinski definition) is 0. The van der Waals surface area contributed by atoms with Crippen LogP contribution in [0.15, 0.2) is 77.4 Å². The van der Waals surface area contributed by atoms with E-state index in [1.165, 1.54) is 84.9 Å². The molecule has 1 saturated carbocycles. The second-order valence-corrected chi connectivity index (χ2v) is 11.8. The molecular weight excluding hydrogens is 688 g/mol. The predicted molar refractivity (Wildman–Crippen MR) is 158 cm³/mol. The van der Waals surface area contributed by atoms with Crippen molar-refractivity contribution in [1.82, 2.24) is 0 Å². The molecule has 5 heteroatoms. The first-order valence-electron chi connectivity index (χ1n) is 13.9. The number of hydrogen-bond acceptors (Lipinski definition) is 0. The van der Waals surface area contributed by atoms with Crippen molar-refractivity contribution in [2.24, 2.45) is 5.92 Å². The molecule has 0 bridgehead atoms. The van der Waals surface area contributed by atoms with Crippen LogP contribution in [0.25, 0.3) is 5.73 Å². The normalized spacial score (nSPS) is 18.2. The van der Waals surface area contributed by atoms with E-state index in [1.54, 1.807) is 0 Å². The molecular formula is C33H48Cl2HfNSi. The largest absolute Gasteiger partial charge is 4.00 e. The quantitative estimate of drug-likeness (QED) is 0.335. The Morgan fingerprint density at radius 3 is 1.32 bits per heavy atom. The first-order valence-corrected chi connectivity index (χ1v) is 15.1. The maximum absolute atomic E-state index is 7.80. The zero-order chi connectivity index (χ0) is 25.3. The molecule has 2 aliphatic carbocycles. The zero-order valence-electron chi connectivity index (χ0n) is 24.0. The molecule has 1 unspecified atom stereocenters. The Labute approximate surface area is 268 Å². The molecule has 2 aliphatic rings. The molecule has 1 radical (unpaired) electrons. The summed E-state index contributed by atoms with van der Waals surface area (Å²) in [4.78, 5) is 0. The van der Waals surface area contributed by atoms with Crippen LogP contribution in [-0.2, 0) is 25.8 Å². The summed E-state index contributed by atoms with van der Waals surface area (Å²) in [6.07, 6.45) is 18.1. The minimum absolute atomic E-state index is 0. The maximum atomic E-state index is 7.80. The van der Waals surface area contributed by atoms with Crippen LogP contribution < -0.4 is 35.2 Å². The van der Waals surface area contributed by atoms with Gasteiger partial charge in [0.05, 0.1) is 0 Å². The van der Waals surface area contributed by atoms with Crippen LogP contribution in [0, 0.1) is 12.0 Å². The van der Waals surface area contributed by atoms with E-state index in [-0.39, 0.29) is 66.2 Å². The van der Waals surface area contributed by atoms with Crippen molar-refractivity contribution >= 4 is 19.9 Å². The molecule has 0 saturated heterocycles. The van der Waals surface area contributed by atoms with Crippen molar-refractivity contribution in [3.8, 4) is 0 Å². The van der Waals surface area contributed by atoms with Crippen LogP contribution >= 0.6 is 0 Å². The molecule has 0 amide bonds. The fraction of sp³-hybridized carbons (Fsp3) is 0.515. The number of rotatable bonds is 2. The van der Waals surface area contributed by atoms with Crippen LogP contribution in [0.1, 0.15) is 98.3 Å². The van der Waals surface area contributed by atoms with Crippen molar-refractivity contribution in [2.45, 2.75) is 104 Å². The molecule has 1 fully saturated rings.